The maximum absolute atomic E-state index is 12.8. The molecule has 0 atom stereocenters. The van der Waals surface area contributed by atoms with Crippen LogP contribution < -0.4 is 10.3 Å². The highest BCUT2D eigenvalue weighted by atomic mass is 32.2. The van der Waals surface area contributed by atoms with Crippen molar-refractivity contribution in [2.24, 2.45) is 0 Å². The van der Waals surface area contributed by atoms with E-state index in [2.05, 4.69) is 4.72 Å². The van der Waals surface area contributed by atoms with Gasteiger partial charge in [0.2, 0.25) is 20.0 Å². The maximum Gasteiger partial charge on any atom is 0.336 e. The summed E-state index contributed by atoms with van der Waals surface area (Å²) in [5, 5.41) is 0.523. The summed E-state index contributed by atoms with van der Waals surface area (Å²) in [6.07, 6.45) is 1.91. The lowest BCUT2D eigenvalue weighted by molar-refractivity contribution is 0.309. The third-order valence-electron chi connectivity index (χ3n) is 4.06. The van der Waals surface area contributed by atoms with Gasteiger partial charge in [0.25, 0.3) is 0 Å². The maximum atomic E-state index is 12.8. The first kappa shape index (κ1) is 18.1. The molecule has 3 rings (SSSR count). The van der Waals surface area contributed by atoms with Gasteiger partial charge in [-0.1, -0.05) is 0 Å². The third kappa shape index (κ3) is 4.09. The summed E-state index contributed by atoms with van der Waals surface area (Å²) >= 11 is 0. The summed E-state index contributed by atoms with van der Waals surface area (Å²) in [6, 6.07) is 6.83. The second-order valence-corrected chi connectivity index (χ2v) is 9.74. The van der Waals surface area contributed by atoms with Crippen molar-refractivity contribution >= 4 is 31.0 Å². The molecule has 0 amide bonds. The van der Waals surface area contributed by atoms with Crippen LogP contribution >= 0.6 is 0 Å². The summed E-state index contributed by atoms with van der Waals surface area (Å²) in [5.41, 5.74) is -0.175. The highest BCUT2D eigenvalue weighted by molar-refractivity contribution is 7.89. The zero-order valence-corrected chi connectivity index (χ0v) is 15.1. The molecule has 0 saturated carbocycles. The van der Waals surface area contributed by atoms with Gasteiger partial charge in [0.05, 0.1) is 11.2 Å². The number of nitrogens with zero attached hydrogens (tertiary/aromatic N) is 1. The standard InChI is InChI=1S/C15H18N2O6S2/c1-24(19,20)16-12-6-8-17(9-7-12)25(21,22)13-3-4-14-11(10-13)2-5-15(18)23-14/h2-5,10,12,16H,6-9H2,1H3. The van der Waals surface area contributed by atoms with E-state index in [-0.39, 0.29) is 24.0 Å². The first-order valence-electron chi connectivity index (χ1n) is 7.66. The normalized spacial score (nSPS) is 17.8. The van der Waals surface area contributed by atoms with Crippen LogP contribution in [0.5, 0.6) is 0 Å². The fraction of sp³-hybridized carbons (Fsp3) is 0.400. The Morgan fingerprint density at radius 3 is 2.40 bits per heavy atom. The quantitative estimate of drug-likeness (QED) is 0.765. The molecule has 2 aromatic rings. The summed E-state index contributed by atoms with van der Waals surface area (Å²) in [6.45, 7) is 0.467. The Labute approximate surface area is 145 Å². The second-order valence-electron chi connectivity index (χ2n) is 6.02. The van der Waals surface area contributed by atoms with Crippen LogP contribution in [0.2, 0.25) is 0 Å². The van der Waals surface area contributed by atoms with Crippen molar-refractivity contribution in [3.63, 3.8) is 0 Å². The first-order valence-corrected chi connectivity index (χ1v) is 11.0. The number of fused-ring (bicyclic) bond motifs is 1. The molecule has 1 fully saturated rings. The number of benzene rings is 1. The molecule has 0 aliphatic carbocycles. The zero-order chi connectivity index (χ0) is 18.2. The van der Waals surface area contributed by atoms with Crippen molar-refractivity contribution in [2.45, 2.75) is 23.8 Å². The number of hydrogen-bond donors (Lipinski definition) is 1. The lowest BCUT2D eigenvalue weighted by Crippen LogP contribution is -2.46. The van der Waals surface area contributed by atoms with Crippen molar-refractivity contribution in [3.05, 3.63) is 40.8 Å². The van der Waals surface area contributed by atoms with Gasteiger partial charge in [-0.15, -0.1) is 0 Å². The molecule has 1 N–H and O–H groups in total. The molecule has 1 aliphatic heterocycles. The average molecular weight is 386 g/mol. The number of rotatable bonds is 4. The Bertz CT molecular complexity index is 1050. The second kappa shape index (κ2) is 6.52. The molecule has 1 saturated heterocycles. The summed E-state index contributed by atoms with van der Waals surface area (Å²) < 4.78 is 57.0. The third-order valence-corrected chi connectivity index (χ3v) is 6.72. The van der Waals surface area contributed by atoms with Gasteiger partial charge in [0, 0.05) is 30.6 Å². The van der Waals surface area contributed by atoms with Crippen LogP contribution in [0.4, 0.5) is 0 Å². The summed E-state index contributed by atoms with van der Waals surface area (Å²) in [5.74, 6) is 0. The van der Waals surface area contributed by atoms with Gasteiger partial charge in [-0.3, -0.25) is 0 Å². The Balaban J connectivity index is 1.80. The van der Waals surface area contributed by atoms with Crippen molar-refractivity contribution in [3.8, 4) is 0 Å². The van der Waals surface area contributed by atoms with E-state index in [0.29, 0.717) is 23.8 Å². The highest BCUT2D eigenvalue weighted by Crippen LogP contribution is 2.24. The molecule has 0 unspecified atom stereocenters. The zero-order valence-electron chi connectivity index (χ0n) is 13.5. The van der Waals surface area contributed by atoms with E-state index < -0.39 is 25.7 Å². The molecule has 0 spiro atoms. The van der Waals surface area contributed by atoms with Gasteiger partial charge in [-0.05, 0) is 37.1 Å². The van der Waals surface area contributed by atoms with Crippen molar-refractivity contribution in [2.75, 3.05) is 19.3 Å². The molecule has 25 heavy (non-hydrogen) atoms. The molecule has 8 nitrogen and oxygen atoms in total. The predicted molar refractivity (Wildman–Crippen MR) is 92.2 cm³/mol. The molecular formula is C15H18N2O6S2. The molecule has 1 aliphatic rings. The molecule has 136 valence electrons. The van der Waals surface area contributed by atoms with E-state index in [0.717, 1.165) is 6.26 Å². The molecule has 0 radical (unpaired) electrons. The Kier molecular flexibility index (Phi) is 4.71. The van der Waals surface area contributed by atoms with E-state index in [1.165, 1.54) is 34.6 Å². The van der Waals surface area contributed by atoms with Gasteiger partial charge in [0.15, 0.2) is 0 Å². The van der Waals surface area contributed by atoms with Gasteiger partial charge in [-0.25, -0.2) is 26.4 Å². The molecule has 10 heteroatoms. The minimum absolute atomic E-state index is 0.114. The summed E-state index contributed by atoms with van der Waals surface area (Å²) in [7, 11) is -7.01. The Morgan fingerprint density at radius 1 is 1.08 bits per heavy atom. The van der Waals surface area contributed by atoms with Crippen molar-refractivity contribution in [1.82, 2.24) is 9.03 Å². The highest BCUT2D eigenvalue weighted by Gasteiger charge is 2.30. The van der Waals surface area contributed by atoms with Crippen LogP contribution in [0, 0.1) is 0 Å². The Morgan fingerprint density at radius 2 is 1.76 bits per heavy atom. The van der Waals surface area contributed by atoms with Gasteiger partial charge in [-0.2, -0.15) is 4.31 Å². The number of sulfonamides is 2. The van der Waals surface area contributed by atoms with E-state index in [4.69, 9.17) is 4.42 Å². The largest absolute Gasteiger partial charge is 0.423 e. The SMILES string of the molecule is CS(=O)(=O)NC1CCN(S(=O)(=O)c2ccc3oc(=O)ccc3c2)CC1. The van der Waals surface area contributed by atoms with Crippen molar-refractivity contribution < 1.29 is 21.3 Å². The molecular weight excluding hydrogens is 368 g/mol. The molecule has 2 heterocycles. The van der Waals surface area contributed by atoms with Crippen LogP contribution in [-0.2, 0) is 20.0 Å². The van der Waals surface area contributed by atoms with E-state index in [9.17, 15) is 21.6 Å². The van der Waals surface area contributed by atoms with Crippen LogP contribution in [0.15, 0.2) is 44.4 Å². The topological polar surface area (TPSA) is 114 Å². The van der Waals surface area contributed by atoms with E-state index in [1.807, 2.05) is 0 Å². The Hall–Kier alpha value is -1.75. The monoisotopic (exact) mass is 386 g/mol. The minimum atomic E-state index is -3.69. The molecule has 0 bridgehead atoms. The minimum Gasteiger partial charge on any atom is -0.423 e. The number of piperidine rings is 1. The van der Waals surface area contributed by atoms with Crippen LogP contribution in [-0.4, -0.2) is 46.5 Å². The van der Waals surface area contributed by atoms with Gasteiger partial charge < -0.3 is 4.42 Å². The van der Waals surface area contributed by atoms with E-state index in [1.54, 1.807) is 0 Å². The van der Waals surface area contributed by atoms with Crippen LogP contribution in [0.25, 0.3) is 11.0 Å². The predicted octanol–water partition coefficient (Wildman–Crippen LogP) is 0.495. The van der Waals surface area contributed by atoms with E-state index >= 15 is 0 Å². The van der Waals surface area contributed by atoms with Crippen molar-refractivity contribution in [1.29, 1.82) is 0 Å². The lowest BCUT2D eigenvalue weighted by atomic mass is 10.1. The average Bonchev–Trinajstić information content (AvgIpc) is 2.53. The summed E-state index contributed by atoms with van der Waals surface area (Å²) in [4.78, 5) is 11.3. The lowest BCUT2D eigenvalue weighted by Gasteiger charge is -2.31. The fourth-order valence-corrected chi connectivity index (χ4v) is 5.22. The van der Waals surface area contributed by atoms with Crippen LogP contribution in [0.1, 0.15) is 12.8 Å². The first-order chi connectivity index (χ1) is 11.6. The molecule has 1 aromatic heterocycles. The number of nitrogens with one attached hydrogen (secondary N) is 1. The van der Waals surface area contributed by atoms with Gasteiger partial charge in [0.1, 0.15) is 5.58 Å². The van der Waals surface area contributed by atoms with Gasteiger partial charge >= 0.3 is 5.63 Å². The molecule has 1 aromatic carbocycles. The smallest absolute Gasteiger partial charge is 0.336 e. The van der Waals surface area contributed by atoms with Crippen LogP contribution in [0.3, 0.4) is 0 Å². The fourth-order valence-electron chi connectivity index (χ4n) is 2.88. The number of hydrogen-bond acceptors (Lipinski definition) is 6.